The van der Waals surface area contributed by atoms with E-state index in [1.54, 1.807) is 19.9 Å². The lowest BCUT2D eigenvalue weighted by Crippen LogP contribution is -2.57. The number of carbonyl (C=O) groups is 1. The first-order chi connectivity index (χ1) is 16.9. The van der Waals surface area contributed by atoms with E-state index in [0.29, 0.717) is 29.3 Å². The summed E-state index contributed by atoms with van der Waals surface area (Å²) in [4.78, 5) is 16.1. The lowest BCUT2D eigenvalue weighted by molar-refractivity contribution is -0.154. The Labute approximate surface area is 225 Å². The maximum Gasteiger partial charge on any atom is 0.229 e. The average Bonchev–Trinajstić information content (AvgIpc) is 2.82. The fourth-order valence-corrected chi connectivity index (χ4v) is 6.19. The molecule has 0 radical (unpaired) electrons. The summed E-state index contributed by atoms with van der Waals surface area (Å²) in [6.45, 7) is 11.3. The number of carbonyl (C=O) groups excluding carboxylic acids is 1. The predicted octanol–water partition coefficient (Wildman–Crippen LogP) is 6.74. The number of sulfonamides is 1. The van der Waals surface area contributed by atoms with Gasteiger partial charge in [-0.05, 0) is 68.5 Å². The Balaban J connectivity index is 2.18. The van der Waals surface area contributed by atoms with Crippen molar-refractivity contribution in [1.29, 1.82) is 0 Å². The molecule has 1 saturated heterocycles. The van der Waals surface area contributed by atoms with Crippen LogP contribution in [0.15, 0.2) is 61.2 Å². The second kappa shape index (κ2) is 11.7. The van der Waals surface area contributed by atoms with Crippen molar-refractivity contribution in [3.8, 4) is 0 Å². The minimum atomic E-state index is -3.50. The van der Waals surface area contributed by atoms with Crippen LogP contribution in [-0.2, 0) is 14.8 Å². The van der Waals surface area contributed by atoms with E-state index >= 15 is 0 Å². The zero-order valence-corrected chi connectivity index (χ0v) is 23.7. The summed E-state index contributed by atoms with van der Waals surface area (Å²) in [7, 11) is -3.50. The molecule has 1 heterocycles. The van der Waals surface area contributed by atoms with E-state index in [1.165, 1.54) is 0 Å². The molecule has 1 N–H and O–H groups in total. The third-order valence-electron chi connectivity index (χ3n) is 7.19. The smallest absolute Gasteiger partial charge is 0.229 e. The quantitative estimate of drug-likeness (QED) is 0.333. The van der Waals surface area contributed by atoms with Gasteiger partial charge in [0.05, 0.1) is 16.7 Å². The third kappa shape index (κ3) is 6.16. The second-order valence-electron chi connectivity index (χ2n) is 10.1. The van der Waals surface area contributed by atoms with Crippen LogP contribution in [0.1, 0.15) is 70.0 Å². The number of amides is 1. The molecule has 0 aromatic heterocycles. The SMILES string of the molecule is C=CC[C@@]1(C)C[C@H](c2cccc(Cl)c2)[C@@H](c2ccc(Cl)cc2)N(C(CC)CNS(=O)(=O)C(C)C)C1=O. The number of rotatable bonds is 10. The molecule has 1 fully saturated rings. The standard InChI is InChI=1S/C28H36Cl2N2O3S/c1-6-15-28(5)17-25(21-9-8-10-23(30)16-21)26(20-11-13-22(29)14-12-20)32(27(28)33)24(7-2)18-31-36(34,35)19(3)4/h6,8-14,16,19,24-26,31H,1,7,15,17-18H2,2-5H3/t24?,25-,26-,28+/m1/s1. The molecule has 1 unspecified atom stereocenters. The van der Waals surface area contributed by atoms with Crippen molar-refractivity contribution in [3.05, 3.63) is 82.4 Å². The van der Waals surface area contributed by atoms with Crippen molar-refractivity contribution in [3.63, 3.8) is 0 Å². The van der Waals surface area contributed by atoms with Crippen molar-refractivity contribution < 1.29 is 13.2 Å². The summed E-state index contributed by atoms with van der Waals surface area (Å²) in [6, 6.07) is 14.7. The molecular formula is C28H36Cl2N2O3S. The van der Waals surface area contributed by atoms with Crippen LogP contribution >= 0.6 is 23.2 Å². The van der Waals surface area contributed by atoms with Crippen molar-refractivity contribution >= 4 is 39.1 Å². The number of nitrogens with one attached hydrogen (secondary N) is 1. The highest BCUT2D eigenvalue weighted by atomic mass is 35.5. The molecule has 36 heavy (non-hydrogen) atoms. The molecule has 0 spiro atoms. The van der Waals surface area contributed by atoms with Gasteiger partial charge >= 0.3 is 0 Å². The molecule has 0 saturated carbocycles. The first-order valence-corrected chi connectivity index (χ1v) is 14.7. The van der Waals surface area contributed by atoms with Gasteiger partial charge < -0.3 is 4.90 Å². The second-order valence-corrected chi connectivity index (χ2v) is 13.3. The Kier molecular flexibility index (Phi) is 9.31. The molecule has 1 amide bonds. The van der Waals surface area contributed by atoms with Gasteiger partial charge in [-0.2, -0.15) is 0 Å². The number of hydrogen-bond donors (Lipinski definition) is 1. The van der Waals surface area contributed by atoms with E-state index in [9.17, 15) is 13.2 Å². The Hall–Kier alpha value is -1.86. The summed E-state index contributed by atoms with van der Waals surface area (Å²) in [5.74, 6) is -0.0699. The van der Waals surface area contributed by atoms with E-state index < -0.39 is 20.7 Å². The molecule has 2 aromatic rings. The number of hydrogen-bond acceptors (Lipinski definition) is 3. The maximum absolute atomic E-state index is 14.2. The molecule has 1 aliphatic heterocycles. The fraction of sp³-hybridized carbons (Fsp3) is 0.464. The van der Waals surface area contributed by atoms with Crippen LogP contribution in [0.2, 0.25) is 10.0 Å². The number of benzene rings is 2. The van der Waals surface area contributed by atoms with Crippen molar-refractivity contribution in [2.24, 2.45) is 5.41 Å². The first kappa shape index (κ1) is 28.7. The molecule has 5 nitrogen and oxygen atoms in total. The van der Waals surface area contributed by atoms with Gasteiger partial charge in [0.2, 0.25) is 15.9 Å². The highest BCUT2D eigenvalue weighted by Gasteiger charge is 2.50. The minimum absolute atomic E-state index is 0.00350. The number of piperidine rings is 1. The zero-order chi connectivity index (χ0) is 26.7. The normalized spacial score (nSPS) is 23.6. The highest BCUT2D eigenvalue weighted by Crippen LogP contribution is 2.52. The Bertz CT molecular complexity index is 1180. The molecule has 0 bridgehead atoms. The molecule has 2 aromatic carbocycles. The van der Waals surface area contributed by atoms with Crippen LogP contribution in [0.5, 0.6) is 0 Å². The summed E-state index contributed by atoms with van der Waals surface area (Å²) >= 11 is 12.6. The summed E-state index contributed by atoms with van der Waals surface area (Å²) in [6.07, 6.45) is 3.50. The van der Waals surface area contributed by atoms with Gasteiger partial charge in [0, 0.05) is 28.5 Å². The van der Waals surface area contributed by atoms with E-state index in [1.807, 2.05) is 67.3 Å². The van der Waals surface area contributed by atoms with Gasteiger partial charge in [-0.15, -0.1) is 6.58 Å². The molecule has 4 atom stereocenters. The first-order valence-electron chi connectivity index (χ1n) is 12.4. The summed E-state index contributed by atoms with van der Waals surface area (Å²) in [5, 5.41) is 0.678. The molecule has 196 valence electrons. The third-order valence-corrected chi connectivity index (χ3v) is 9.49. The van der Waals surface area contributed by atoms with Crippen LogP contribution in [0.25, 0.3) is 0 Å². The van der Waals surface area contributed by atoms with Gasteiger partial charge in [-0.3, -0.25) is 4.79 Å². The van der Waals surface area contributed by atoms with Crippen molar-refractivity contribution in [1.82, 2.24) is 9.62 Å². The number of nitrogens with zero attached hydrogens (tertiary/aromatic N) is 1. The molecule has 8 heteroatoms. The summed E-state index contributed by atoms with van der Waals surface area (Å²) in [5.41, 5.74) is 1.29. The number of likely N-dealkylation sites (tertiary alicyclic amines) is 1. The van der Waals surface area contributed by atoms with Crippen LogP contribution < -0.4 is 4.72 Å². The van der Waals surface area contributed by atoms with Gasteiger partial charge in [0.25, 0.3) is 0 Å². The van der Waals surface area contributed by atoms with Crippen LogP contribution in [-0.4, -0.2) is 37.1 Å². The van der Waals surface area contributed by atoms with Gasteiger partial charge in [0.1, 0.15) is 0 Å². The highest BCUT2D eigenvalue weighted by molar-refractivity contribution is 7.90. The van der Waals surface area contributed by atoms with Crippen molar-refractivity contribution in [2.75, 3.05) is 6.54 Å². The van der Waals surface area contributed by atoms with Gasteiger partial charge in [-0.1, -0.05) is 67.4 Å². The Morgan fingerprint density at radius 1 is 1.14 bits per heavy atom. The lowest BCUT2D eigenvalue weighted by Gasteiger charge is -2.52. The predicted molar refractivity (Wildman–Crippen MR) is 149 cm³/mol. The van der Waals surface area contributed by atoms with E-state index in [0.717, 1.165) is 11.1 Å². The van der Waals surface area contributed by atoms with E-state index in [2.05, 4.69) is 11.3 Å². The van der Waals surface area contributed by atoms with Crippen LogP contribution in [0, 0.1) is 5.41 Å². The van der Waals surface area contributed by atoms with Crippen LogP contribution in [0.3, 0.4) is 0 Å². The fourth-order valence-electron chi connectivity index (χ4n) is 5.11. The maximum atomic E-state index is 14.2. The molecule has 1 aliphatic rings. The Morgan fingerprint density at radius 3 is 2.36 bits per heavy atom. The molecule has 0 aliphatic carbocycles. The molecular weight excluding hydrogens is 515 g/mol. The molecule has 3 rings (SSSR count). The zero-order valence-electron chi connectivity index (χ0n) is 21.4. The Morgan fingerprint density at radius 2 is 1.81 bits per heavy atom. The monoisotopic (exact) mass is 550 g/mol. The lowest BCUT2D eigenvalue weighted by atomic mass is 9.67. The number of halogens is 2. The largest absolute Gasteiger partial charge is 0.330 e. The van der Waals surface area contributed by atoms with Gasteiger partial charge in [-0.25, -0.2) is 13.1 Å². The summed E-state index contributed by atoms with van der Waals surface area (Å²) < 4.78 is 27.9. The average molecular weight is 552 g/mol. The van der Waals surface area contributed by atoms with E-state index in [-0.39, 0.29) is 30.5 Å². The minimum Gasteiger partial charge on any atom is -0.330 e. The topological polar surface area (TPSA) is 66.5 Å². The van der Waals surface area contributed by atoms with Gasteiger partial charge in [0.15, 0.2) is 0 Å². The van der Waals surface area contributed by atoms with Crippen molar-refractivity contribution in [2.45, 2.75) is 70.2 Å². The van der Waals surface area contributed by atoms with Crippen LogP contribution in [0.4, 0.5) is 0 Å². The number of allylic oxidation sites excluding steroid dienone is 1. The van der Waals surface area contributed by atoms with E-state index in [4.69, 9.17) is 23.2 Å².